The third-order valence-corrected chi connectivity index (χ3v) is 5.20. The number of alkyl halides is 3. The van der Waals surface area contributed by atoms with Crippen LogP contribution in [0.2, 0.25) is 5.02 Å². The number of nitrogens with zero attached hydrogens (tertiary/aromatic N) is 4. The van der Waals surface area contributed by atoms with Crippen LogP contribution in [0.5, 0.6) is 0 Å². The highest BCUT2D eigenvalue weighted by Gasteiger charge is 2.36. The van der Waals surface area contributed by atoms with Gasteiger partial charge >= 0.3 is 6.18 Å². The van der Waals surface area contributed by atoms with E-state index in [9.17, 15) is 23.1 Å². The number of carbonyl (C=O) groups excluding carboxylic acids is 1. The Kier molecular flexibility index (Phi) is 6.35. The molecular weight excluding hydrogens is 457 g/mol. The molecule has 2 heterocycles. The van der Waals surface area contributed by atoms with E-state index in [4.69, 9.17) is 11.6 Å². The standard InChI is InChI=1S/C23H18ClF3N4O2/c24-17-8-6-16(7-9-17)18-12-20(23(25,26)27)31-21(28-18)13-19(29-31)22(33)30(10-11-32)14-15-4-2-1-3-5-15/h1-9,12-13,32H,10-11,14H2. The highest BCUT2D eigenvalue weighted by atomic mass is 35.5. The van der Waals surface area contributed by atoms with Crippen LogP contribution in [0.1, 0.15) is 21.7 Å². The molecule has 0 aliphatic heterocycles. The smallest absolute Gasteiger partial charge is 0.395 e. The van der Waals surface area contributed by atoms with Gasteiger partial charge in [-0.2, -0.15) is 18.3 Å². The molecule has 1 N–H and O–H groups in total. The van der Waals surface area contributed by atoms with E-state index in [0.29, 0.717) is 15.1 Å². The van der Waals surface area contributed by atoms with Gasteiger partial charge < -0.3 is 10.0 Å². The molecule has 2 aromatic heterocycles. The Labute approximate surface area is 191 Å². The lowest BCUT2D eigenvalue weighted by molar-refractivity contribution is -0.142. The zero-order chi connectivity index (χ0) is 23.6. The molecule has 0 fully saturated rings. The van der Waals surface area contributed by atoms with Crippen molar-refractivity contribution < 1.29 is 23.1 Å². The average molecular weight is 475 g/mol. The largest absolute Gasteiger partial charge is 0.433 e. The fourth-order valence-electron chi connectivity index (χ4n) is 3.39. The van der Waals surface area contributed by atoms with Gasteiger partial charge in [-0.3, -0.25) is 4.79 Å². The van der Waals surface area contributed by atoms with Crippen LogP contribution in [0.3, 0.4) is 0 Å². The first-order chi connectivity index (χ1) is 15.8. The van der Waals surface area contributed by atoms with E-state index in [2.05, 4.69) is 10.1 Å². The Hall–Kier alpha value is -3.43. The van der Waals surface area contributed by atoms with Crippen molar-refractivity contribution in [3.8, 4) is 11.3 Å². The third-order valence-electron chi connectivity index (χ3n) is 4.95. The van der Waals surface area contributed by atoms with Crippen molar-refractivity contribution in [1.82, 2.24) is 19.5 Å². The van der Waals surface area contributed by atoms with Crippen LogP contribution in [0.25, 0.3) is 16.9 Å². The molecule has 0 aliphatic carbocycles. The molecule has 0 saturated heterocycles. The zero-order valence-corrected chi connectivity index (χ0v) is 17.9. The number of hydrogen-bond acceptors (Lipinski definition) is 4. The molecular formula is C23H18ClF3N4O2. The normalized spacial score (nSPS) is 11.7. The summed E-state index contributed by atoms with van der Waals surface area (Å²) in [4.78, 5) is 18.7. The summed E-state index contributed by atoms with van der Waals surface area (Å²) < 4.78 is 42.1. The van der Waals surface area contributed by atoms with Gasteiger partial charge in [0.15, 0.2) is 17.0 Å². The molecule has 6 nitrogen and oxygen atoms in total. The summed E-state index contributed by atoms with van der Waals surface area (Å²) in [5.74, 6) is -0.612. The Morgan fingerprint density at radius 3 is 2.39 bits per heavy atom. The van der Waals surface area contributed by atoms with Crippen LogP contribution in [0.4, 0.5) is 13.2 Å². The molecule has 4 rings (SSSR count). The lowest BCUT2D eigenvalue weighted by Crippen LogP contribution is -2.33. The summed E-state index contributed by atoms with van der Waals surface area (Å²) in [7, 11) is 0. The highest BCUT2D eigenvalue weighted by Crippen LogP contribution is 2.32. The van der Waals surface area contributed by atoms with E-state index in [1.54, 1.807) is 36.4 Å². The third kappa shape index (κ3) is 4.99. The molecule has 2 aromatic carbocycles. The summed E-state index contributed by atoms with van der Waals surface area (Å²) in [5.41, 5.74) is -0.0720. The maximum absolute atomic E-state index is 13.8. The second-order valence-corrected chi connectivity index (χ2v) is 7.70. The van der Waals surface area contributed by atoms with Crippen LogP contribution in [0.15, 0.2) is 66.7 Å². The maximum Gasteiger partial charge on any atom is 0.433 e. The molecule has 0 unspecified atom stereocenters. The van der Waals surface area contributed by atoms with E-state index in [1.807, 2.05) is 18.2 Å². The van der Waals surface area contributed by atoms with Gasteiger partial charge in [-0.1, -0.05) is 54.1 Å². The second-order valence-electron chi connectivity index (χ2n) is 7.27. The Morgan fingerprint density at radius 1 is 1.06 bits per heavy atom. The van der Waals surface area contributed by atoms with Crippen LogP contribution in [-0.2, 0) is 12.7 Å². The van der Waals surface area contributed by atoms with Crippen molar-refractivity contribution in [2.45, 2.75) is 12.7 Å². The molecule has 1 amide bonds. The minimum atomic E-state index is -4.73. The van der Waals surface area contributed by atoms with Crippen LogP contribution < -0.4 is 0 Å². The molecule has 0 bridgehead atoms. The van der Waals surface area contributed by atoms with E-state index in [1.165, 1.54) is 11.0 Å². The fraction of sp³-hybridized carbons (Fsp3) is 0.174. The van der Waals surface area contributed by atoms with Gasteiger partial charge in [0.2, 0.25) is 0 Å². The quantitative estimate of drug-likeness (QED) is 0.439. The second kappa shape index (κ2) is 9.21. The number of fused-ring (bicyclic) bond motifs is 1. The van der Waals surface area contributed by atoms with Crippen molar-refractivity contribution >= 4 is 23.2 Å². The summed E-state index contributed by atoms with van der Waals surface area (Å²) >= 11 is 5.88. The number of halogens is 4. The first kappa shape index (κ1) is 22.8. The van der Waals surface area contributed by atoms with E-state index >= 15 is 0 Å². The highest BCUT2D eigenvalue weighted by molar-refractivity contribution is 6.30. The van der Waals surface area contributed by atoms with E-state index < -0.39 is 17.8 Å². The number of hydrogen-bond donors (Lipinski definition) is 1. The summed E-state index contributed by atoms with van der Waals surface area (Å²) in [6, 6.07) is 17.4. The van der Waals surface area contributed by atoms with Gasteiger partial charge in [0.05, 0.1) is 12.3 Å². The van der Waals surface area contributed by atoms with Crippen molar-refractivity contribution in [3.05, 3.63) is 88.7 Å². The maximum atomic E-state index is 13.8. The minimum absolute atomic E-state index is 0.00280. The SMILES string of the molecule is O=C(c1cc2nc(-c3ccc(Cl)cc3)cc(C(F)(F)F)n2n1)N(CCO)Cc1ccccc1. The number of benzene rings is 2. The summed E-state index contributed by atoms with van der Waals surface area (Å²) in [6.45, 7) is -0.139. The van der Waals surface area contributed by atoms with Crippen molar-refractivity contribution in [1.29, 1.82) is 0 Å². The lowest BCUT2D eigenvalue weighted by Gasteiger charge is -2.20. The molecule has 0 aliphatic rings. The number of rotatable bonds is 6. The first-order valence-corrected chi connectivity index (χ1v) is 10.3. The molecule has 0 saturated carbocycles. The van der Waals surface area contributed by atoms with Crippen molar-refractivity contribution in [3.63, 3.8) is 0 Å². The number of aliphatic hydroxyl groups excluding tert-OH is 1. The molecule has 170 valence electrons. The van der Waals surface area contributed by atoms with E-state index in [-0.39, 0.29) is 36.7 Å². The molecule has 0 radical (unpaired) electrons. The van der Waals surface area contributed by atoms with Crippen LogP contribution in [0, 0.1) is 0 Å². The van der Waals surface area contributed by atoms with Gasteiger partial charge in [0, 0.05) is 29.7 Å². The Balaban J connectivity index is 1.76. The summed E-state index contributed by atoms with van der Waals surface area (Å²) in [5, 5.41) is 13.7. The van der Waals surface area contributed by atoms with E-state index in [0.717, 1.165) is 11.6 Å². The van der Waals surface area contributed by atoms with Crippen LogP contribution >= 0.6 is 11.6 Å². The Bertz CT molecular complexity index is 1270. The predicted molar refractivity (Wildman–Crippen MR) is 117 cm³/mol. The first-order valence-electron chi connectivity index (χ1n) is 9.94. The van der Waals surface area contributed by atoms with Crippen LogP contribution in [-0.4, -0.2) is 43.7 Å². The lowest BCUT2D eigenvalue weighted by atomic mass is 10.1. The molecule has 0 spiro atoms. The van der Waals surface area contributed by atoms with Gasteiger partial charge in [0.25, 0.3) is 5.91 Å². The number of aliphatic hydroxyl groups is 1. The van der Waals surface area contributed by atoms with Crippen molar-refractivity contribution in [2.24, 2.45) is 0 Å². The minimum Gasteiger partial charge on any atom is -0.395 e. The number of carbonyl (C=O) groups is 1. The molecule has 0 atom stereocenters. The monoisotopic (exact) mass is 474 g/mol. The number of aromatic nitrogens is 3. The average Bonchev–Trinajstić information content (AvgIpc) is 3.22. The predicted octanol–water partition coefficient (Wildman–Crippen LogP) is 4.70. The Morgan fingerprint density at radius 2 is 1.76 bits per heavy atom. The fourth-order valence-corrected chi connectivity index (χ4v) is 3.51. The molecule has 10 heteroatoms. The number of amides is 1. The molecule has 4 aromatic rings. The van der Waals surface area contributed by atoms with Crippen molar-refractivity contribution in [2.75, 3.05) is 13.2 Å². The van der Waals surface area contributed by atoms with Gasteiger partial charge in [-0.05, 0) is 23.8 Å². The van der Waals surface area contributed by atoms with Gasteiger partial charge in [-0.15, -0.1) is 0 Å². The summed E-state index contributed by atoms with van der Waals surface area (Å²) in [6.07, 6.45) is -4.73. The topological polar surface area (TPSA) is 70.7 Å². The molecule has 33 heavy (non-hydrogen) atoms. The zero-order valence-electron chi connectivity index (χ0n) is 17.1. The van der Waals surface area contributed by atoms with Gasteiger partial charge in [-0.25, -0.2) is 9.50 Å². The van der Waals surface area contributed by atoms with Gasteiger partial charge in [0.1, 0.15) is 0 Å².